The number of methoxy groups -OCH3 is 1. The Kier molecular flexibility index (Phi) is 8.12. The van der Waals surface area contributed by atoms with E-state index < -0.39 is 29.8 Å². The molecule has 2 heterocycles. The van der Waals surface area contributed by atoms with E-state index in [2.05, 4.69) is 20.3 Å². The number of aliphatic hydroxyl groups is 1. The number of H-pyrrole nitrogens is 1. The van der Waals surface area contributed by atoms with Gasteiger partial charge in [0.05, 0.1) is 23.4 Å². The highest BCUT2D eigenvalue weighted by atomic mass is 35.5. The van der Waals surface area contributed by atoms with Crippen LogP contribution in [0.1, 0.15) is 28.8 Å². The number of hydrogen-bond acceptors (Lipinski definition) is 9. The number of nitrogens with one attached hydrogen (secondary N) is 2. The Hall–Kier alpha value is -4.49. The van der Waals surface area contributed by atoms with E-state index in [-0.39, 0.29) is 69.4 Å². The van der Waals surface area contributed by atoms with Crippen molar-refractivity contribution in [2.45, 2.75) is 20.1 Å². The fraction of sp³-hybridized carbons (Fsp3) is 0.240. The maximum atomic E-state index is 14.5. The van der Waals surface area contributed by atoms with Crippen LogP contribution in [0.3, 0.4) is 0 Å². The number of Topliss-reactive ketones (excluding diaryl/α,β-unsaturated/α-hetero) is 1. The molecule has 0 fully saturated rings. The van der Waals surface area contributed by atoms with Gasteiger partial charge in [-0.1, -0.05) is 17.7 Å². The van der Waals surface area contributed by atoms with Gasteiger partial charge in [-0.2, -0.15) is 0 Å². The number of nitrogens with zero attached hydrogens (tertiary/aromatic N) is 3. The molecule has 14 heteroatoms. The first kappa shape index (κ1) is 27.5. The summed E-state index contributed by atoms with van der Waals surface area (Å²) >= 11 is 6.53. The Bertz CT molecular complexity index is 1640. The van der Waals surface area contributed by atoms with Gasteiger partial charge >= 0.3 is 5.69 Å². The van der Waals surface area contributed by atoms with Crippen molar-refractivity contribution in [2.24, 2.45) is 0 Å². The number of hydrogen-bond donors (Lipinski definition) is 3. The summed E-state index contributed by atoms with van der Waals surface area (Å²) in [6.07, 6.45) is 0. The summed E-state index contributed by atoms with van der Waals surface area (Å²) < 4.78 is 32.3. The normalized spacial score (nSPS) is 10.9. The number of fused-ring (bicyclic) bond motifs is 1. The lowest BCUT2D eigenvalue weighted by atomic mass is 10.2. The smallest absolute Gasteiger partial charge is 0.332 e. The maximum Gasteiger partial charge on any atom is 0.332 e. The van der Waals surface area contributed by atoms with Crippen molar-refractivity contribution in [3.63, 3.8) is 0 Å². The third-order valence-corrected chi connectivity index (χ3v) is 5.92. The number of ether oxygens (including phenoxy) is 3. The summed E-state index contributed by atoms with van der Waals surface area (Å²) in [5.74, 6) is -1.28. The molecule has 1 amide bonds. The molecule has 3 N–H and O–H groups in total. The maximum absolute atomic E-state index is 14.5. The van der Waals surface area contributed by atoms with Crippen LogP contribution in [0, 0.1) is 5.82 Å². The molecule has 0 aliphatic heterocycles. The predicted octanol–water partition coefficient (Wildman–Crippen LogP) is 2.31. The fourth-order valence-electron chi connectivity index (χ4n) is 3.74. The molecule has 4 aromatic rings. The molecular formula is C25H23ClFN5O7. The molecule has 2 aromatic heterocycles. The zero-order chi connectivity index (χ0) is 28.3. The van der Waals surface area contributed by atoms with E-state index in [0.29, 0.717) is 0 Å². The van der Waals surface area contributed by atoms with Crippen molar-refractivity contribution in [3.05, 3.63) is 68.7 Å². The SMILES string of the molecule is CNC(=O)COc1cc(Cl)c(-n2c(=O)[nH]c3c(C(C)=O)nc(CO)nc32)cc1OCc1c(F)cccc1OC. The third-order valence-electron chi connectivity index (χ3n) is 5.62. The zero-order valence-corrected chi connectivity index (χ0v) is 21.8. The number of carbonyl (C=O) groups excluding carboxylic acids is 2. The van der Waals surface area contributed by atoms with E-state index >= 15 is 0 Å². The van der Waals surface area contributed by atoms with Gasteiger partial charge in [-0.3, -0.25) is 9.59 Å². The van der Waals surface area contributed by atoms with Crippen molar-refractivity contribution in [1.29, 1.82) is 0 Å². The molecule has 39 heavy (non-hydrogen) atoms. The Morgan fingerprint density at radius 1 is 1.18 bits per heavy atom. The van der Waals surface area contributed by atoms with E-state index in [1.807, 2.05) is 0 Å². The van der Waals surface area contributed by atoms with Gasteiger partial charge in [0, 0.05) is 26.1 Å². The quantitative estimate of drug-likeness (QED) is 0.248. The highest BCUT2D eigenvalue weighted by molar-refractivity contribution is 6.32. The van der Waals surface area contributed by atoms with Gasteiger partial charge in [-0.05, 0) is 12.1 Å². The monoisotopic (exact) mass is 559 g/mol. The lowest BCUT2D eigenvalue weighted by Gasteiger charge is -2.17. The molecule has 0 unspecified atom stereocenters. The van der Waals surface area contributed by atoms with Gasteiger partial charge in [0.1, 0.15) is 36.0 Å². The Morgan fingerprint density at radius 2 is 1.92 bits per heavy atom. The summed E-state index contributed by atoms with van der Waals surface area (Å²) in [4.78, 5) is 47.7. The largest absolute Gasteiger partial charge is 0.496 e. The van der Waals surface area contributed by atoms with Crippen LogP contribution in [0.4, 0.5) is 4.39 Å². The summed E-state index contributed by atoms with van der Waals surface area (Å²) in [7, 11) is 2.82. The van der Waals surface area contributed by atoms with Crippen molar-refractivity contribution in [2.75, 3.05) is 20.8 Å². The second-order valence-electron chi connectivity index (χ2n) is 8.09. The van der Waals surface area contributed by atoms with Crippen molar-refractivity contribution < 1.29 is 33.3 Å². The topological polar surface area (TPSA) is 158 Å². The van der Waals surface area contributed by atoms with E-state index in [0.717, 1.165) is 4.57 Å². The molecule has 0 bridgehead atoms. The Labute approximate surface area is 225 Å². The van der Waals surface area contributed by atoms with Gasteiger partial charge in [-0.15, -0.1) is 0 Å². The zero-order valence-electron chi connectivity index (χ0n) is 21.0. The Morgan fingerprint density at radius 3 is 2.59 bits per heavy atom. The molecule has 0 saturated heterocycles. The molecule has 0 aliphatic carbocycles. The number of aromatic amines is 1. The van der Waals surface area contributed by atoms with Crippen molar-refractivity contribution >= 4 is 34.5 Å². The summed E-state index contributed by atoms with van der Waals surface area (Å²) in [5, 5.41) is 12.0. The van der Waals surface area contributed by atoms with Crippen LogP contribution in [0.15, 0.2) is 35.1 Å². The average Bonchev–Trinajstić information content (AvgIpc) is 3.25. The number of aromatic nitrogens is 4. The number of imidazole rings is 1. The minimum atomic E-state index is -0.709. The van der Waals surface area contributed by atoms with E-state index in [9.17, 15) is 23.9 Å². The van der Waals surface area contributed by atoms with E-state index in [1.54, 1.807) is 6.07 Å². The molecule has 0 atom stereocenters. The van der Waals surface area contributed by atoms with Crippen molar-refractivity contribution in [1.82, 2.24) is 24.8 Å². The molecule has 4 rings (SSSR count). The summed E-state index contributed by atoms with van der Waals surface area (Å²) in [6, 6.07) is 6.95. The van der Waals surface area contributed by atoms with Gasteiger partial charge in [0.2, 0.25) is 0 Å². The van der Waals surface area contributed by atoms with E-state index in [1.165, 1.54) is 45.3 Å². The summed E-state index contributed by atoms with van der Waals surface area (Å²) in [6.45, 7) is -0.0174. The minimum absolute atomic E-state index is 0.00531. The second kappa shape index (κ2) is 11.5. The molecule has 12 nitrogen and oxygen atoms in total. The highest BCUT2D eigenvalue weighted by Crippen LogP contribution is 2.37. The fourth-order valence-corrected chi connectivity index (χ4v) is 3.97. The lowest BCUT2D eigenvalue weighted by molar-refractivity contribution is -0.122. The molecule has 0 aliphatic rings. The van der Waals surface area contributed by atoms with Crippen LogP contribution in [-0.4, -0.2) is 57.1 Å². The number of likely N-dealkylation sites (N-methyl/N-ethyl adjacent to an activating group) is 1. The van der Waals surface area contributed by atoms with Crippen LogP contribution >= 0.6 is 11.6 Å². The van der Waals surface area contributed by atoms with Gasteiger partial charge in [-0.25, -0.2) is 23.7 Å². The number of carbonyl (C=O) groups is 2. The average molecular weight is 560 g/mol. The molecule has 0 saturated carbocycles. The molecular weight excluding hydrogens is 537 g/mol. The predicted molar refractivity (Wildman–Crippen MR) is 137 cm³/mol. The van der Waals surface area contributed by atoms with Crippen LogP contribution < -0.4 is 25.2 Å². The number of rotatable bonds is 10. The standard InChI is InChI=1S/C25H23ClFN5O7/c1-12(34)22-23-24(30-20(9-33)29-22)32(25(36)31-23)16-8-19(18(7-14(16)26)39-11-21(35)28-2)38-10-13-15(27)5-4-6-17(13)37-3/h4-8,33H,9-11H2,1-3H3,(H,28,35)(H,31,36). The lowest BCUT2D eigenvalue weighted by Crippen LogP contribution is -2.25. The second-order valence-corrected chi connectivity index (χ2v) is 8.50. The number of benzene rings is 2. The first-order chi connectivity index (χ1) is 18.7. The molecule has 0 radical (unpaired) electrons. The van der Waals surface area contributed by atoms with Crippen LogP contribution in [0.25, 0.3) is 16.9 Å². The van der Waals surface area contributed by atoms with Gasteiger partial charge < -0.3 is 29.6 Å². The van der Waals surface area contributed by atoms with Crippen LogP contribution in [-0.2, 0) is 18.0 Å². The van der Waals surface area contributed by atoms with Crippen molar-refractivity contribution in [3.8, 4) is 22.9 Å². The molecule has 204 valence electrons. The number of halogens is 2. The number of amides is 1. The first-order valence-corrected chi connectivity index (χ1v) is 11.8. The third kappa shape index (κ3) is 5.54. The van der Waals surface area contributed by atoms with E-state index in [4.69, 9.17) is 25.8 Å². The van der Waals surface area contributed by atoms with Gasteiger partial charge in [0.15, 0.2) is 35.4 Å². The van der Waals surface area contributed by atoms with Crippen LogP contribution in [0.2, 0.25) is 5.02 Å². The molecule has 2 aromatic carbocycles. The summed E-state index contributed by atoms with van der Waals surface area (Å²) in [5.41, 5.74) is -0.604. The van der Waals surface area contributed by atoms with Crippen LogP contribution in [0.5, 0.6) is 17.2 Å². The van der Waals surface area contributed by atoms with Gasteiger partial charge in [0.25, 0.3) is 5.91 Å². The first-order valence-electron chi connectivity index (χ1n) is 11.4. The minimum Gasteiger partial charge on any atom is -0.496 e. The molecule has 0 spiro atoms. The highest BCUT2D eigenvalue weighted by Gasteiger charge is 2.23. The number of ketones is 1. The number of aliphatic hydroxyl groups excluding tert-OH is 1. The Balaban J connectivity index is 1.87.